The molecule has 2 aliphatic rings. The molecule has 0 spiro atoms. The maximum Gasteiger partial charge on any atom is 0.203 e. The Balaban J connectivity index is 2.09. The molecule has 1 heterocycles. The lowest BCUT2D eigenvalue weighted by Crippen LogP contribution is -2.47. The number of aliphatic hydroxyl groups excluding tert-OH is 1. The topological polar surface area (TPSA) is 51.2 Å². The van der Waals surface area contributed by atoms with Gasteiger partial charge in [0.2, 0.25) is 5.75 Å². The lowest BCUT2D eigenvalue weighted by Gasteiger charge is -2.43. The molecule has 23 heavy (non-hydrogen) atoms. The van der Waals surface area contributed by atoms with E-state index in [-0.39, 0.29) is 11.5 Å². The van der Waals surface area contributed by atoms with E-state index in [1.54, 1.807) is 21.3 Å². The molecule has 0 radical (unpaired) electrons. The number of likely N-dealkylation sites (N-methyl/N-ethyl adjacent to an activating group) is 1. The molecule has 0 unspecified atom stereocenters. The number of ether oxygens (including phenoxy) is 3. The molecule has 5 heteroatoms. The fourth-order valence-corrected chi connectivity index (χ4v) is 4.47. The highest BCUT2D eigenvalue weighted by atomic mass is 16.5. The third-order valence-electron chi connectivity index (χ3n) is 5.74. The second-order valence-corrected chi connectivity index (χ2v) is 6.74. The lowest BCUT2D eigenvalue weighted by molar-refractivity contribution is 0.0566. The zero-order valence-electron chi connectivity index (χ0n) is 14.5. The highest BCUT2D eigenvalue weighted by Crippen LogP contribution is 2.51. The molecular formula is C18H27NO4. The molecule has 0 amide bonds. The quantitative estimate of drug-likeness (QED) is 0.921. The standard InChI is InChI=1S/C18H27NO4/c1-19-8-7-18(6-5-13(20)11-16(18)19)12-9-14(21-2)17(23-4)15(10-12)22-3/h9-10,13,16,20H,5-8,11H2,1-4H3/t13-,16-,18-/m0/s1. The summed E-state index contributed by atoms with van der Waals surface area (Å²) in [6.45, 7) is 1.05. The van der Waals surface area contributed by atoms with Gasteiger partial charge in [0.15, 0.2) is 11.5 Å². The number of hydrogen-bond acceptors (Lipinski definition) is 5. The van der Waals surface area contributed by atoms with Gasteiger partial charge >= 0.3 is 0 Å². The Hall–Kier alpha value is -1.46. The summed E-state index contributed by atoms with van der Waals surface area (Å²) < 4.78 is 16.5. The number of nitrogens with zero attached hydrogens (tertiary/aromatic N) is 1. The molecule has 3 atom stereocenters. The first-order valence-electron chi connectivity index (χ1n) is 8.24. The van der Waals surface area contributed by atoms with Crippen LogP contribution in [-0.2, 0) is 5.41 Å². The minimum Gasteiger partial charge on any atom is -0.493 e. The van der Waals surface area contributed by atoms with Gasteiger partial charge in [0.1, 0.15) is 0 Å². The van der Waals surface area contributed by atoms with E-state index in [0.717, 1.165) is 32.2 Å². The Bertz CT molecular complexity index is 551. The fourth-order valence-electron chi connectivity index (χ4n) is 4.47. The summed E-state index contributed by atoms with van der Waals surface area (Å²) >= 11 is 0. The highest BCUT2D eigenvalue weighted by Gasteiger charge is 2.50. The van der Waals surface area contributed by atoms with Gasteiger partial charge in [-0.2, -0.15) is 0 Å². The summed E-state index contributed by atoms with van der Waals surface area (Å²) in [4.78, 5) is 2.38. The normalized spacial score (nSPS) is 30.8. The first-order chi connectivity index (χ1) is 11.1. The molecule has 128 valence electrons. The molecular weight excluding hydrogens is 294 g/mol. The summed E-state index contributed by atoms with van der Waals surface area (Å²) in [6, 6.07) is 4.53. The van der Waals surface area contributed by atoms with E-state index in [0.29, 0.717) is 23.3 Å². The van der Waals surface area contributed by atoms with E-state index in [9.17, 15) is 5.11 Å². The van der Waals surface area contributed by atoms with Crippen LogP contribution < -0.4 is 14.2 Å². The van der Waals surface area contributed by atoms with Crippen LogP contribution >= 0.6 is 0 Å². The van der Waals surface area contributed by atoms with Gasteiger partial charge in [-0.05, 0) is 57.0 Å². The van der Waals surface area contributed by atoms with E-state index in [1.165, 1.54) is 5.56 Å². The Morgan fingerprint density at radius 3 is 2.30 bits per heavy atom. The van der Waals surface area contributed by atoms with Crippen LogP contribution in [-0.4, -0.2) is 57.1 Å². The first-order valence-corrected chi connectivity index (χ1v) is 8.24. The van der Waals surface area contributed by atoms with Crippen LogP contribution in [0.15, 0.2) is 12.1 Å². The van der Waals surface area contributed by atoms with Crippen molar-refractivity contribution in [1.82, 2.24) is 4.90 Å². The zero-order chi connectivity index (χ0) is 16.6. The van der Waals surface area contributed by atoms with Crippen molar-refractivity contribution in [2.45, 2.75) is 43.2 Å². The minimum absolute atomic E-state index is 0.0564. The van der Waals surface area contributed by atoms with Crippen molar-refractivity contribution in [2.24, 2.45) is 0 Å². The van der Waals surface area contributed by atoms with E-state index in [4.69, 9.17) is 14.2 Å². The number of likely N-dealkylation sites (tertiary alicyclic amines) is 1. The van der Waals surface area contributed by atoms with Crippen LogP contribution in [0.5, 0.6) is 17.2 Å². The van der Waals surface area contributed by atoms with Gasteiger partial charge in [-0.15, -0.1) is 0 Å². The number of rotatable bonds is 4. The molecule has 2 fully saturated rings. The molecule has 3 rings (SSSR count). The molecule has 1 aromatic rings. The number of hydrogen-bond donors (Lipinski definition) is 1. The Morgan fingerprint density at radius 1 is 1.09 bits per heavy atom. The second-order valence-electron chi connectivity index (χ2n) is 6.74. The summed E-state index contributed by atoms with van der Waals surface area (Å²) in [5.41, 5.74) is 1.29. The molecule has 1 aromatic carbocycles. The number of aliphatic hydroxyl groups is 1. The largest absolute Gasteiger partial charge is 0.493 e. The van der Waals surface area contributed by atoms with Crippen molar-refractivity contribution >= 4 is 0 Å². The monoisotopic (exact) mass is 321 g/mol. The van der Waals surface area contributed by atoms with Crippen molar-refractivity contribution in [1.29, 1.82) is 0 Å². The Labute approximate surface area is 138 Å². The van der Waals surface area contributed by atoms with Crippen LogP contribution in [0.3, 0.4) is 0 Å². The fraction of sp³-hybridized carbons (Fsp3) is 0.667. The Kier molecular flexibility index (Phi) is 4.43. The van der Waals surface area contributed by atoms with Crippen molar-refractivity contribution in [3.05, 3.63) is 17.7 Å². The summed E-state index contributed by atoms with van der Waals surface area (Å²) in [5, 5.41) is 10.1. The molecule has 0 aromatic heterocycles. The average molecular weight is 321 g/mol. The molecule has 1 aliphatic carbocycles. The van der Waals surface area contributed by atoms with E-state index < -0.39 is 0 Å². The van der Waals surface area contributed by atoms with Gasteiger partial charge in [0, 0.05) is 11.5 Å². The first kappa shape index (κ1) is 16.4. The van der Waals surface area contributed by atoms with Crippen LogP contribution in [0.25, 0.3) is 0 Å². The van der Waals surface area contributed by atoms with E-state index in [1.807, 2.05) is 0 Å². The third-order valence-corrected chi connectivity index (χ3v) is 5.74. The van der Waals surface area contributed by atoms with Gasteiger partial charge < -0.3 is 24.2 Å². The number of methoxy groups -OCH3 is 3. The van der Waals surface area contributed by atoms with Gasteiger partial charge in [-0.3, -0.25) is 0 Å². The maximum absolute atomic E-state index is 10.1. The van der Waals surface area contributed by atoms with Crippen molar-refractivity contribution in [2.75, 3.05) is 34.9 Å². The molecule has 1 saturated carbocycles. The second kappa shape index (κ2) is 6.21. The highest BCUT2D eigenvalue weighted by molar-refractivity contribution is 5.56. The minimum atomic E-state index is -0.198. The van der Waals surface area contributed by atoms with Crippen LogP contribution in [0, 0.1) is 0 Å². The van der Waals surface area contributed by atoms with Crippen LogP contribution in [0.1, 0.15) is 31.2 Å². The SMILES string of the molecule is COc1cc([C@@]23CC[C@H](O)C[C@@H]2N(C)CC3)cc(OC)c1OC. The molecule has 5 nitrogen and oxygen atoms in total. The molecule has 1 aliphatic heterocycles. The van der Waals surface area contributed by atoms with Gasteiger partial charge in [0.25, 0.3) is 0 Å². The molecule has 1 saturated heterocycles. The summed E-state index contributed by atoms with van der Waals surface area (Å²) in [6.07, 6.45) is 3.56. The number of fused-ring (bicyclic) bond motifs is 1. The average Bonchev–Trinajstić information content (AvgIpc) is 2.91. The summed E-state index contributed by atoms with van der Waals surface area (Å²) in [7, 11) is 7.09. The number of benzene rings is 1. The maximum atomic E-state index is 10.1. The summed E-state index contributed by atoms with van der Waals surface area (Å²) in [5.74, 6) is 2.04. The van der Waals surface area contributed by atoms with Gasteiger partial charge in [-0.25, -0.2) is 0 Å². The van der Waals surface area contributed by atoms with Gasteiger partial charge in [0.05, 0.1) is 27.4 Å². The van der Waals surface area contributed by atoms with Gasteiger partial charge in [-0.1, -0.05) is 0 Å². The third kappa shape index (κ3) is 2.56. The molecule has 0 bridgehead atoms. The zero-order valence-corrected chi connectivity index (χ0v) is 14.5. The lowest BCUT2D eigenvalue weighted by atomic mass is 9.65. The van der Waals surface area contributed by atoms with Crippen molar-refractivity contribution in [3.8, 4) is 17.2 Å². The van der Waals surface area contributed by atoms with Crippen molar-refractivity contribution < 1.29 is 19.3 Å². The van der Waals surface area contributed by atoms with E-state index in [2.05, 4.69) is 24.1 Å². The van der Waals surface area contributed by atoms with Crippen molar-refractivity contribution in [3.63, 3.8) is 0 Å². The predicted molar refractivity (Wildman–Crippen MR) is 88.7 cm³/mol. The predicted octanol–water partition coefficient (Wildman–Crippen LogP) is 2.20. The van der Waals surface area contributed by atoms with E-state index >= 15 is 0 Å². The molecule has 1 N–H and O–H groups in total. The van der Waals surface area contributed by atoms with Crippen LogP contribution in [0.4, 0.5) is 0 Å². The smallest absolute Gasteiger partial charge is 0.203 e. The Morgan fingerprint density at radius 2 is 1.74 bits per heavy atom. The van der Waals surface area contributed by atoms with Crippen LogP contribution in [0.2, 0.25) is 0 Å².